The molecule has 2 nitrogen and oxygen atoms in total. The van der Waals surface area contributed by atoms with Gasteiger partial charge < -0.3 is 5.32 Å². The Hall–Kier alpha value is -1.31. The van der Waals surface area contributed by atoms with Crippen molar-refractivity contribution in [3.63, 3.8) is 0 Å². The monoisotopic (exact) mass is 162 g/mol. The van der Waals surface area contributed by atoms with Crippen LogP contribution in [0, 0.1) is 0 Å². The summed E-state index contributed by atoms with van der Waals surface area (Å²) in [4.78, 5) is 4.17. The third-order valence-corrected chi connectivity index (χ3v) is 1.54. The number of fused-ring (bicyclic) bond motifs is 1. The van der Waals surface area contributed by atoms with E-state index in [1.807, 2.05) is 26.1 Å². The first kappa shape index (κ1) is 8.78. The summed E-state index contributed by atoms with van der Waals surface area (Å²) in [7, 11) is 0. The first-order valence-electron chi connectivity index (χ1n) is 4.33. The molecule has 64 valence electrons. The van der Waals surface area contributed by atoms with Gasteiger partial charge in [-0.05, 0) is 12.5 Å². The van der Waals surface area contributed by atoms with E-state index in [-0.39, 0.29) is 0 Å². The molecule has 0 unspecified atom stereocenters. The summed E-state index contributed by atoms with van der Waals surface area (Å²) in [6.07, 6.45) is 10.9. The van der Waals surface area contributed by atoms with Gasteiger partial charge in [-0.3, -0.25) is 4.99 Å². The quantitative estimate of drug-likeness (QED) is 0.581. The lowest BCUT2D eigenvalue weighted by Gasteiger charge is -2.12. The fraction of sp³-hybridized carbons (Fsp3) is 0.300. The van der Waals surface area contributed by atoms with Crippen LogP contribution < -0.4 is 5.32 Å². The molecule has 2 rings (SSSR count). The second kappa shape index (κ2) is 4.54. The Morgan fingerprint density at radius 3 is 3.00 bits per heavy atom. The molecule has 12 heavy (non-hydrogen) atoms. The van der Waals surface area contributed by atoms with Crippen LogP contribution in [0.15, 0.2) is 41.3 Å². The standard InChI is InChI=1S/C8H8N2.C2H6/c1-2-4-8-7(3-1)9-5-6-10-8;1-2/h1,3-6,10H,2H2;1-2H3. The van der Waals surface area contributed by atoms with Gasteiger partial charge in [0.2, 0.25) is 0 Å². The highest BCUT2D eigenvalue weighted by Crippen LogP contribution is 2.08. The van der Waals surface area contributed by atoms with E-state index in [4.69, 9.17) is 0 Å². The summed E-state index contributed by atoms with van der Waals surface area (Å²) in [6, 6.07) is 0. The minimum atomic E-state index is 1.01. The van der Waals surface area contributed by atoms with Crippen molar-refractivity contribution < 1.29 is 0 Å². The number of aliphatic imine (C=N–C) groups is 1. The van der Waals surface area contributed by atoms with E-state index in [2.05, 4.69) is 22.5 Å². The molecule has 0 bridgehead atoms. The van der Waals surface area contributed by atoms with Gasteiger partial charge in [-0.15, -0.1) is 0 Å². The average Bonchev–Trinajstić information content (AvgIpc) is 2.21. The molecule has 2 heteroatoms. The number of rotatable bonds is 0. The lowest BCUT2D eigenvalue weighted by molar-refractivity contribution is 1.07. The third kappa shape index (κ3) is 1.84. The zero-order valence-corrected chi connectivity index (χ0v) is 7.54. The van der Waals surface area contributed by atoms with Gasteiger partial charge in [-0.1, -0.05) is 26.0 Å². The highest BCUT2D eigenvalue weighted by atomic mass is 14.9. The summed E-state index contributed by atoms with van der Waals surface area (Å²) in [5.74, 6) is 0. The smallest absolute Gasteiger partial charge is 0.0858 e. The second-order valence-electron chi connectivity index (χ2n) is 2.23. The summed E-state index contributed by atoms with van der Waals surface area (Å²) < 4.78 is 0. The molecule has 1 heterocycles. The lowest BCUT2D eigenvalue weighted by atomic mass is 10.1. The Kier molecular flexibility index (Phi) is 3.33. The van der Waals surface area contributed by atoms with Crippen LogP contribution in [0.2, 0.25) is 0 Å². The molecule has 1 N–H and O–H groups in total. The van der Waals surface area contributed by atoms with Crippen molar-refractivity contribution in [2.45, 2.75) is 20.3 Å². The summed E-state index contributed by atoms with van der Waals surface area (Å²) in [5, 5.41) is 3.12. The summed E-state index contributed by atoms with van der Waals surface area (Å²) in [6.45, 7) is 4.00. The van der Waals surface area contributed by atoms with Gasteiger partial charge in [0.1, 0.15) is 0 Å². The average molecular weight is 162 g/mol. The van der Waals surface area contributed by atoms with Crippen LogP contribution in [0.1, 0.15) is 20.3 Å². The maximum atomic E-state index is 4.17. The number of nitrogens with zero attached hydrogens (tertiary/aromatic N) is 1. The van der Waals surface area contributed by atoms with Crippen LogP contribution in [0.3, 0.4) is 0 Å². The Labute approximate surface area is 73.4 Å². The minimum Gasteiger partial charge on any atom is -0.359 e. The second-order valence-corrected chi connectivity index (χ2v) is 2.23. The van der Waals surface area contributed by atoms with E-state index in [0.29, 0.717) is 0 Å². The fourth-order valence-electron chi connectivity index (χ4n) is 1.05. The summed E-state index contributed by atoms with van der Waals surface area (Å²) in [5.41, 5.74) is 2.17. The molecular formula is C10H14N2. The van der Waals surface area contributed by atoms with E-state index < -0.39 is 0 Å². The molecule has 0 radical (unpaired) electrons. The first-order chi connectivity index (χ1) is 5.97. The van der Waals surface area contributed by atoms with Gasteiger partial charge in [0.25, 0.3) is 0 Å². The van der Waals surface area contributed by atoms with Crippen molar-refractivity contribution in [1.29, 1.82) is 0 Å². The van der Waals surface area contributed by atoms with E-state index in [9.17, 15) is 0 Å². The van der Waals surface area contributed by atoms with Crippen LogP contribution in [0.4, 0.5) is 0 Å². The number of nitrogens with one attached hydrogen (secondary N) is 1. The van der Waals surface area contributed by atoms with Gasteiger partial charge >= 0.3 is 0 Å². The van der Waals surface area contributed by atoms with E-state index in [0.717, 1.165) is 17.8 Å². The van der Waals surface area contributed by atoms with Crippen molar-refractivity contribution in [2.75, 3.05) is 0 Å². The minimum absolute atomic E-state index is 1.01. The predicted octanol–water partition coefficient (Wildman–Crippen LogP) is 2.37. The van der Waals surface area contributed by atoms with Crippen LogP contribution in [0.25, 0.3) is 0 Å². The number of hydrogen-bond acceptors (Lipinski definition) is 2. The molecule has 1 aliphatic heterocycles. The number of hydrogen-bond donors (Lipinski definition) is 1. The molecule has 0 atom stereocenters. The van der Waals surface area contributed by atoms with Crippen LogP contribution in [-0.2, 0) is 0 Å². The highest BCUT2D eigenvalue weighted by Gasteiger charge is 2.06. The van der Waals surface area contributed by atoms with Crippen molar-refractivity contribution in [3.05, 3.63) is 36.3 Å². The van der Waals surface area contributed by atoms with Crippen LogP contribution in [0.5, 0.6) is 0 Å². The molecule has 0 amide bonds. The normalized spacial score (nSPS) is 17.8. The Bertz CT molecular complexity index is 257. The summed E-state index contributed by atoms with van der Waals surface area (Å²) >= 11 is 0. The Balaban J connectivity index is 0.000000336. The molecule has 0 aromatic carbocycles. The first-order valence-corrected chi connectivity index (χ1v) is 4.33. The topological polar surface area (TPSA) is 24.4 Å². The van der Waals surface area contributed by atoms with Crippen molar-refractivity contribution >= 4 is 5.71 Å². The van der Waals surface area contributed by atoms with E-state index >= 15 is 0 Å². The van der Waals surface area contributed by atoms with Gasteiger partial charge in [0.05, 0.1) is 11.4 Å². The van der Waals surface area contributed by atoms with Crippen molar-refractivity contribution in [1.82, 2.24) is 5.32 Å². The largest absolute Gasteiger partial charge is 0.359 e. The maximum Gasteiger partial charge on any atom is 0.0858 e. The van der Waals surface area contributed by atoms with E-state index in [1.54, 1.807) is 6.20 Å². The van der Waals surface area contributed by atoms with Crippen molar-refractivity contribution in [3.8, 4) is 0 Å². The molecule has 0 saturated carbocycles. The molecule has 0 fully saturated rings. The third-order valence-electron chi connectivity index (χ3n) is 1.54. The van der Waals surface area contributed by atoms with Gasteiger partial charge in [-0.2, -0.15) is 0 Å². The molecule has 1 aliphatic carbocycles. The van der Waals surface area contributed by atoms with Gasteiger partial charge in [0, 0.05) is 12.4 Å². The Morgan fingerprint density at radius 2 is 2.25 bits per heavy atom. The molecule has 0 aromatic heterocycles. The fourth-order valence-corrected chi connectivity index (χ4v) is 1.05. The number of allylic oxidation sites excluding steroid dienone is 3. The molecule has 2 aliphatic rings. The van der Waals surface area contributed by atoms with Crippen molar-refractivity contribution in [2.24, 2.45) is 4.99 Å². The SMILES string of the molecule is C1=CC2=NC=CNC2=CC1.CC. The predicted molar refractivity (Wildman–Crippen MR) is 52.9 cm³/mol. The zero-order valence-electron chi connectivity index (χ0n) is 7.54. The zero-order chi connectivity index (χ0) is 8.81. The van der Waals surface area contributed by atoms with Crippen LogP contribution in [-0.4, -0.2) is 5.71 Å². The molecular weight excluding hydrogens is 148 g/mol. The Morgan fingerprint density at radius 1 is 1.42 bits per heavy atom. The molecule has 0 spiro atoms. The van der Waals surface area contributed by atoms with E-state index in [1.165, 1.54) is 0 Å². The van der Waals surface area contributed by atoms with Gasteiger partial charge in [-0.25, -0.2) is 0 Å². The maximum absolute atomic E-state index is 4.17. The van der Waals surface area contributed by atoms with Gasteiger partial charge in [0.15, 0.2) is 0 Å². The highest BCUT2D eigenvalue weighted by molar-refractivity contribution is 6.09. The molecule has 0 aromatic rings. The van der Waals surface area contributed by atoms with Crippen LogP contribution >= 0.6 is 0 Å². The molecule has 0 saturated heterocycles. The lowest BCUT2D eigenvalue weighted by Crippen LogP contribution is -2.17.